The molecule has 3 aromatic rings. The number of pyridine rings is 2. The van der Waals surface area contributed by atoms with Gasteiger partial charge in [0.2, 0.25) is 0 Å². The third kappa shape index (κ3) is 2.13. The van der Waals surface area contributed by atoms with Gasteiger partial charge in [-0.1, -0.05) is 30.3 Å². The molecule has 86 valence electrons. The van der Waals surface area contributed by atoms with Crippen LogP contribution in [0.5, 0.6) is 0 Å². The van der Waals surface area contributed by atoms with Crippen molar-refractivity contribution in [1.82, 2.24) is 9.97 Å². The number of benzene rings is 1. The normalized spacial score (nSPS) is 11.1. The second-order valence-corrected chi connectivity index (χ2v) is 4.01. The molecule has 0 aliphatic carbocycles. The lowest BCUT2D eigenvalue weighted by Gasteiger charge is -2.00. The summed E-state index contributed by atoms with van der Waals surface area (Å²) in [6.45, 7) is 0. The molecule has 0 saturated heterocycles. The summed E-state index contributed by atoms with van der Waals surface area (Å²) in [6.07, 6.45) is 7.61. The van der Waals surface area contributed by atoms with Crippen molar-refractivity contribution < 1.29 is 0 Å². The zero-order valence-corrected chi connectivity index (χ0v) is 9.82. The lowest BCUT2D eigenvalue weighted by molar-refractivity contribution is 1.29. The average Bonchev–Trinajstić information content (AvgIpc) is 2.46. The van der Waals surface area contributed by atoms with Crippen LogP contribution in [0.1, 0.15) is 11.4 Å². The monoisotopic (exact) mass is 232 g/mol. The molecule has 0 atom stereocenters. The predicted octanol–water partition coefficient (Wildman–Crippen LogP) is 3.80. The Balaban J connectivity index is 2.03. The van der Waals surface area contributed by atoms with Gasteiger partial charge in [0.05, 0.1) is 11.4 Å². The molecule has 1 aromatic carbocycles. The summed E-state index contributed by atoms with van der Waals surface area (Å²) in [5.41, 5.74) is 1.91. The van der Waals surface area contributed by atoms with Crippen LogP contribution in [0.3, 0.4) is 0 Å². The van der Waals surface area contributed by atoms with E-state index in [1.165, 1.54) is 5.39 Å². The quantitative estimate of drug-likeness (QED) is 0.671. The van der Waals surface area contributed by atoms with Crippen LogP contribution in [0.2, 0.25) is 0 Å². The van der Waals surface area contributed by atoms with Gasteiger partial charge in [0.1, 0.15) is 0 Å². The minimum absolute atomic E-state index is 0.937. The summed E-state index contributed by atoms with van der Waals surface area (Å²) < 4.78 is 0. The topological polar surface area (TPSA) is 25.8 Å². The molecule has 2 heteroatoms. The highest BCUT2D eigenvalue weighted by Crippen LogP contribution is 2.17. The van der Waals surface area contributed by atoms with E-state index in [4.69, 9.17) is 0 Å². The fourth-order valence-corrected chi connectivity index (χ4v) is 1.91. The van der Waals surface area contributed by atoms with E-state index in [0.717, 1.165) is 16.8 Å². The number of hydrogen-bond acceptors (Lipinski definition) is 2. The minimum Gasteiger partial charge on any atom is -0.257 e. The van der Waals surface area contributed by atoms with E-state index < -0.39 is 0 Å². The van der Waals surface area contributed by atoms with E-state index in [9.17, 15) is 0 Å². The maximum Gasteiger partial charge on any atom is 0.0708 e. The number of aromatic nitrogens is 2. The second-order valence-electron chi connectivity index (χ2n) is 4.01. The molecule has 0 saturated carbocycles. The molecule has 18 heavy (non-hydrogen) atoms. The van der Waals surface area contributed by atoms with Crippen LogP contribution in [0.25, 0.3) is 22.9 Å². The standard InChI is InChI=1S/C16H12N2/c1-2-7-15-13(5-1)10-12-18-16(15)9-8-14-6-3-4-11-17-14/h1-12H. The molecule has 0 fully saturated rings. The van der Waals surface area contributed by atoms with Gasteiger partial charge < -0.3 is 0 Å². The molecule has 0 amide bonds. The average molecular weight is 232 g/mol. The van der Waals surface area contributed by atoms with Gasteiger partial charge in [-0.3, -0.25) is 9.97 Å². The van der Waals surface area contributed by atoms with Crippen LogP contribution in [0.4, 0.5) is 0 Å². The Kier molecular flexibility index (Phi) is 2.84. The molecule has 2 heterocycles. The first kappa shape index (κ1) is 10.7. The lowest BCUT2D eigenvalue weighted by atomic mass is 10.1. The molecule has 2 aromatic heterocycles. The van der Waals surface area contributed by atoms with Crippen LogP contribution in [-0.2, 0) is 0 Å². The van der Waals surface area contributed by atoms with Crippen molar-refractivity contribution in [3.8, 4) is 0 Å². The Morgan fingerprint density at radius 3 is 2.50 bits per heavy atom. The van der Waals surface area contributed by atoms with Crippen LogP contribution in [0.15, 0.2) is 60.9 Å². The summed E-state index contributed by atoms with van der Waals surface area (Å²) in [4.78, 5) is 8.67. The SMILES string of the molecule is C(=Cc1nccc2ccccc12)c1ccccn1. The van der Waals surface area contributed by atoms with Crippen LogP contribution < -0.4 is 0 Å². The van der Waals surface area contributed by atoms with Crippen molar-refractivity contribution in [3.63, 3.8) is 0 Å². The molecule has 2 nitrogen and oxygen atoms in total. The highest BCUT2D eigenvalue weighted by atomic mass is 14.7. The molecule has 0 aliphatic heterocycles. The Bertz CT molecular complexity index is 682. The van der Waals surface area contributed by atoms with Crippen molar-refractivity contribution in [1.29, 1.82) is 0 Å². The van der Waals surface area contributed by atoms with Gasteiger partial charge in [-0.15, -0.1) is 0 Å². The minimum atomic E-state index is 0.937. The largest absolute Gasteiger partial charge is 0.257 e. The fraction of sp³-hybridized carbons (Fsp3) is 0. The fourth-order valence-electron chi connectivity index (χ4n) is 1.91. The number of fused-ring (bicyclic) bond motifs is 1. The third-order valence-electron chi connectivity index (χ3n) is 2.80. The molecule has 3 rings (SSSR count). The van der Waals surface area contributed by atoms with Gasteiger partial charge in [-0.2, -0.15) is 0 Å². The number of nitrogens with zero attached hydrogens (tertiary/aromatic N) is 2. The van der Waals surface area contributed by atoms with E-state index in [2.05, 4.69) is 22.1 Å². The Labute approximate surface area is 106 Å². The van der Waals surface area contributed by atoms with Gasteiger partial charge in [0.15, 0.2) is 0 Å². The molecule has 0 N–H and O–H groups in total. The number of rotatable bonds is 2. The Morgan fingerprint density at radius 2 is 1.61 bits per heavy atom. The summed E-state index contributed by atoms with van der Waals surface area (Å²) in [6, 6.07) is 16.1. The first-order valence-electron chi connectivity index (χ1n) is 5.86. The van der Waals surface area contributed by atoms with Gasteiger partial charge in [-0.05, 0) is 35.7 Å². The van der Waals surface area contributed by atoms with Crippen LogP contribution in [0, 0.1) is 0 Å². The summed E-state index contributed by atoms with van der Waals surface area (Å²) in [7, 11) is 0. The molecule has 0 unspecified atom stereocenters. The van der Waals surface area contributed by atoms with E-state index >= 15 is 0 Å². The molecule has 0 aliphatic rings. The van der Waals surface area contributed by atoms with Crippen LogP contribution >= 0.6 is 0 Å². The van der Waals surface area contributed by atoms with Crippen LogP contribution in [-0.4, -0.2) is 9.97 Å². The smallest absolute Gasteiger partial charge is 0.0708 e. The maximum absolute atomic E-state index is 4.41. The summed E-state index contributed by atoms with van der Waals surface area (Å²) >= 11 is 0. The zero-order chi connectivity index (χ0) is 12.2. The Morgan fingerprint density at radius 1 is 0.722 bits per heavy atom. The first-order chi connectivity index (χ1) is 8.93. The molecular formula is C16H12N2. The van der Waals surface area contributed by atoms with Crippen molar-refractivity contribution >= 4 is 22.9 Å². The molecule has 0 radical (unpaired) electrons. The van der Waals surface area contributed by atoms with Gasteiger partial charge in [0.25, 0.3) is 0 Å². The molecule has 0 bridgehead atoms. The first-order valence-corrected chi connectivity index (χ1v) is 5.86. The number of hydrogen-bond donors (Lipinski definition) is 0. The summed E-state index contributed by atoms with van der Waals surface area (Å²) in [5.74, 6) is 0. The summed E-state index contributed by atoms with van der Waals surface area (Å²) in [5, 5.41) is 2.36. The second kappa shape index (κ2) is 4.80. The van der Waals surface area contributed by atoms with E-state index in [1.807, 2.05) is 54.7 Å². The highest BCUT2D eigenvalue weighted by Gasteiger charge is 1.97. The molecule has 0 spiro atoms. The highest BCUT2D eigenvalue weighted by molar-refractivity contribution is 5.90. The lowest BCUT2D eigenvalue weighted by Crippen LogP contribution is -1.83. The van der Waals surface area contributed by atoms with E-state index in [-0.39, 0.29) is 0 Å². The van der Waals surface area contributed by atoms with Crippen molar-refractivity contribution in [2.24, 2.45) is 0 Å². The van der Waals surface area contributed by atoms with E-state index in [1.54, 1.807) is 6.20 Å². The van der Waals surface area contributed by atoms with Gasteiger partial charge >= 0.3 is 0 Å². The van der Waals surface area contributed by atoms with E-state index in [0.29, 0.717) is 0 Å². The van der Waals surface area contributed by atoms with Gasteiger partial charge in [-0.25, -0.2) is 0 Å². The maximum atomic E-state index is 4.41. The van der Waals surface area contributed by atoms with Crippen molar-refractivity contribution in [2.75, 3.05) is 0 Å². The van der Waals surface area contributed by atoms with Crippen molar-refractivity contribution in [2.45, 2.75) is 0 Å². The van der Waals surface area contributed by atoms with Crippen molar-refractivity contribution in [3.05, 3.63) is 72.3 Å². The van der Waals surface area contributed by atoms with Gasteiger partial charge in [0, 0.05) is 17.8 Å². The third-order valence-corrected chi connectivity index (χ3v) is 2.80. The predicted molar refractivity (Wildman–Crippen MR) is 74.9 cm³/mol. The zero-order valence-electron chi connectivity index (χ0n) is 9.82. The Hall–Kier alpha value is -2.48. The molecular weight excluding hydrogens is 220 g/mol.